The molecule has 6 saturated heterocycles. The number of esters is 4. The Morgan fingerprint density at radius 2 is 0.754 bits per heavy atom. The lowest BCUT2D eigenvalue weighted by Crippen LogP contribution is -2.54. The second-order valence-electron chi connectivity index (χ2n) is 38.5. The fourth-order valence-electron chi connectivity index (χ4n) is 13.4. The number of carboxylic acids is 1. The van der Waals surface area contributed by atoms with Crippen LogP contribution in [0.2, 0.25) is 0 Å². The van der Waals surface area contributed by atoms with Gasteiger partial charge in [0.1, 0.15) is 41.3 Å². The monoisotopic (exact) mass is 1750 g/mol. The average molecular weight is 1750 g/mol. The number of epoxide rings is 1. The molecular weight excluding hydrogens is 1600 g/mol. The number of nitrogens with one attached hydrogen (secondary N) is 1. The number of amides is 1. The van der Waals surface area contributed by atoms with Crippen LogP contribution in [0, 0.1) is 10.8 Å². The Hall–Kier alpha value is -5.95. The van der Waals surface area contributed by atoms with Crippen molar-refractivity contribution in [3.63, 3.8) is 0 Å². The lowest BCUT2D eigenvalue weighted by Gasteiger charge is -2.39. The van der Waals surface area contributed by atoms with Crippen LogP contribution in [-0.2, 0) is 95.3 Å². The van der Waals surface area contributed by atoms with E-state index in [1.54, 1.807) is 14.7 Å². The van der Waals surface area contributed by atoms with Crippen LogP contribution in [0.3, 0.4) is 0 Å². The van der Waals surface area contributed by atoms with E-state index in [9.17, 15) is 59.1 Å². The van der Waals surface area contributed by atoms with Crippen molar-refractivity contribution in [2.24, 2.45) is 10.8 Å². The number of aliphatic hydroxyl groups is 4. The zero-order valence-corrected chi connectivity index (χ0v) is 77.6. The first-order valence-corrected chi connectivity index (χ1v) is 42.3. The highest BCUT2D eigenvalue weighted by Gasteiger charge is 2.45. The predicted octanol–water partition coefficient (Wildman–Crippen LogP) is 0.860. The lowest BCUT2D eigenvalue weighted by atomic mass is 9.96. The molecule has 7 N–H and O–H groups in total. The van der Waals surface area contributed by atoms with E-state index in [4.69, 9.17) is 71.7 Å². The van der Waals surface area contributed by atoms with Gasteiger partial charge in [-0.1, -0.05) is 41.5 Å². The van der Waals surface area contributed by atoms with Crippen molar-refractivity contribution >= 4 is 54.7 Å². The number of aliphatic hydroxyl groups excluding tert-OH is 4. The lowest BCUT2D eigenvalue weighted by molar-refractivity contribution is -0.212. The number of aliphatic carboxylic acids is 1. The zero-order valence-electron chi connectivity index (χ0n) is 77.6. The van der Waals surface area contributed by atoms with Gasteiger partial charge in [-0.05, 0) is 122 Å². The number of carbonyl (C=O) groups is 7. The number of hydrogen-bond acceptors (Lipinski definition) is 36. The molecule has 0 aromatic heterocycles. The SMILES string of the molecule is CC(C)(C)CN1CCN(CC(=O)OC(C)(C)C)CCN(CC(=O)OC(C)(C)C)CCN(C2COC(C)(C)OC[C@@H]2O)CC1.CC(C)(C)CN1CCNCCN(CC(=O)OC(C)(C)C)CCN(CC(=O)OC(C)(C)C)CC1.CC1(C)OCC2OC2CO1.O=C=O.O=C=O.O=COCN1CCN(C(=O)O)CCN(CC(=O)O)CCN(C(CO)[C@@H](O)CO)CC1. The first kappa shape index (κ1) is 114. The molecule has 0 bridgehead atoms. The topological polar surface area (TPSA) is 452 Å². The van der Waals surface area contributed by atoms with Gasteiger partial charge < -0.3 is 98.0 Å². The van der Waals surface area contributed by atoms with Crippen LogP contribution in [0.1, 0.15) is 152 Å². The van der Waals surface area contributed by atoms with Crippen LogP contribution >= 0.6 is 0 Å². The maximum absolute atomic E-state index is 12.9. The Labute approximate surface area is 724 Å². The Morgan fingerprint density at radius 1 is 0.443 bits per heavy atom. The summed E-state index contributed by atoms with van der Waals surface area (Å²) in [6, 6.07) is -1.01. The number of carbonyl (C=O) groups excluding carboxylic acids is 9. The van der Waals surface area contributed by atoms with Gasteiger partial charge in [-0.3, -0.25) is 68.0 Å². The molecule has 4 unspecified atom stereocenters. The number of carboxylic acid groups (broad SMARTS) is 2. The Morgan fingerprint density at radius 3 is 1.11 bits per heavy atom. The van der Waals surface area contributed by atoms with Gasteiger partial charge in [0, 0.05) is 170 Å². The van der Waals surface area contributed by atoms with E-state index in [1.165, 1.54) is 4.90 Å². The third-order valence-corrected chi connectivity index (χ3v) is 19.0. The van der Waals surface area contributed by atoms with E-state index >= 15 is 0 Å². The molecule has 39 heteroatoms. The highest BCUT2D eigenvalue weighted by Crippen LogP contribution is 2.30. The second-order valence-corrected chi connectivity index (χ2v) is 38.5. The highest BCUT2D eigenvalue weighted by atomic mass is 16.7. The summed E-state index contributed by atoms with van der Waals surface area (Å²) in [5.41, 5.74) is -1.84. The molecule has 6 heterocycles. The van der Waals surface area contributed by atoms with Gasteiger partial charge in [0.15, 0.2) is 11.6 Å². The van der Waals surface area contributed by atoms with Crippen molar-refractivity contribution in [1.82, 2.24) is 59.2 Å². The van der Waals surface area contributed by atoms with Crippen molar-refractivity contribution in [2.75, 3.05) is 249 Å². The van der Waals surface area contributed by atoms with Crippen LogP contribution in [0.5, 0.6) is 0 Å². The molecule has 0 saturated carbocycles. The van der Waals surface area contributed by atoms with Gasteiger partial charge in [-0.15, -0.1) is 0 Å². The molecule has 710 valence electrons. The minimum atomic E-state index is -1.20. The van der Waals surface area contributed by atoms with Crippen LogP contribution in [0.4, 0.5) is 4.79 Å². The molecule has 0 aromatic carbocycles. The second kappa shape index (κ2) is 56.3. The first-order chi connectivity index (χ1) is 56.4. The van der Waals surface area contributed by atoms with E-state index in [1.807, 2.05) is 111 Å². The normalized spacial score (nSPS) is 23.0. The average Bonchev–Trinajstić information content (AvgIpc) is 1.66. The number of ether oxygens (including phenoxy) is 10. The number of nitrogens with zero attached hydrogens (tertiary/aromatic N) is 11. The highest BCUT2D eigenvalue weighted by molar-refractivity contribution is 5.73. The summed E-state index contributed by atoms with van der Waals surface area (Å²) in [6.07, 6.45) is -1.91. The Balaban J connectivity index is 0.000000845. The van der Waals surface area contributed by atoms with Crippen LogP contribution in [-0.4, -0.2) is 459 Å². The van der Waals surface area contributed by atoms with Gasteiger partial charge in [-0.2, -0.15) is 19.2 Å². The summed E-state index contributed by atoms with van der Waals surface area (Å²) >= 11 is 0. The van der Waals surface area contributed by atoms with Gasteiger partial charge in [-0.25, -0.2) is 4.79 Å². The molecular formula is C83H156N12O27. The summed E-state index contributed by atoms with van der Waals surface area (Å²) in [7, 11) is 0. The fraction of sp³-hybridized carbons (Fsp3) is 0.892. The largest absolute Gasteiger partial charge is 0.480 e. The van der Waals surface area contributed by atoms with Crippen molar-refractivity contribution in [2.45, 2.75) is 223 Å². The fourth-order valence-corrected chi connectivity index (χ4v) is 13.4. The third kappa shape index (κ3) is 56.9. The molecule has 122 heavy (non-hydrogen) atoms. The summed E-state index contributed by atoms with van der Waals surface area (Å²) in [5, 5.41) is 62.2. The van der Waals surface area contributed by atoms with Crippen molar-refractivity contribution < 1.29 is 131 Å². The van der Waals surface area contributed by atoms with E-state index < -0.39 is 77.5 Å². The van der Waals surface area contributed by atoms with Crippen molar-refractivity contribution in [3.8, 4) is 0 Å². The summed E-state index contributed by atoms with van der Waals surface area (Å²) in [5.74, 6) is -3.19. The summed E-state index contributed by atoms with van der Waals surface area (Å²) in [6.45, 7) is 60.8. The van der Waals surface area contributed by atoms with Crippen LogP contribution < -0.4 is 5.32 Å². The molecule has 6 aliphatic rings. The standard InChI is InChI=1S/C32H62N4O7.C25H50N4O4.C17H32N4O9.C7H12O3.2CO2/c1-29(2,3)24-35-15-14-33(20-27(38)42-30(4,5)6)12-13-34(21-28(39)43-31(7,8)9)16-18-36(19-17-35)25-22-40-32(10,11)41-23-26(25)37;1-23(2,3)20-29-13-11-26-10-12-27(18-21(30)32-24(4,5)6)14-15-28(16-17-29)19-22(31)33-25(7,8)9;22-10-14(15(25)11-23)20-5-1-18(9-16(26)27)2-7-21(17(28)29)8-4-19(3-6-20)12-30-13-24;1-7(2)8-3-5-6(10-5)4-9-7;2*2-1-3/h25-26,37H,12-24H2,1-11H3;26H,10-20H2,1-9H3;13-15,22-23,25H,1-12H2,(H,26,27)(H,28,29);5-6H,3-4H2,1-2H3;;/t25?,26-;;14?,15-;;;/m0.0.../s1. The van der Waals surface area contributed by atoms with Crippen LogP contribution in [0.25, 0.3) is 0 Å². The molecule has 0 spiro atoms. The molecule has 0 aromatic rings. The van der Waals surface area contributed by atoms with E-state index in [2.05, 4.69) is 81.2 Å². The Bertz CT molecular complexity index is 3050. The molecule has 6 fully saturated rings. The summed E-state index contributed by atoms with van der Waals surface area (Å²) in [4.78, 5) is 138. The smallest absolute Gasteiger partial charge is 0.407 e. The molecule has 0 radical (unpaired) electrons. The van der Waals surface area contributed by atoms with Gasteiger partial charge in [0.25, 0.3) is 6.47 Å². The minimum Gasteiger partial charge on any atom is -0.480 e. The number of rotatable bonds is 20. The van der Waals surface area contributed by atoms with Gasteiger partial charge >= 0.3 is 48.2 Å². The van der Waals surface area contributed by atoms with Crippen LogP contribution in [0.15, 0.2) is 0 Å². The summed E-state index contributed by atoms with van der Waals surface area (Å²) < 4.78 is 55.1. The van der Waals surface area contributed by atoms with Gasteiger partial charge in [0.2, 0.25) is 0 Å². The minimum absolute atomic E-state index is 0.0533. The van der Waals surface area contributed by atoms with E-state index in [0.717, 1.165) is 65.4 Å². The molecule has 0 aliphatic carbocycles. The third-order valence-electron chi connectivity index (χ3n) is 19.0. The Kier molecular flexibility index (Phi) is 52.6. The van der Waals surface area contributed by atoms with Crippen molar-refractivity contribution in [1.29, 1.82) is 0 Å². The molecule has 6 aliphatic heterocycles. The molecule has 39 nitrogen and oxygen atoms in total. The quantitative estimate of drug-likeness (QED) is 0.0385. The maximum atomic E-state index is 12.9. The van der Waals surface area contributed by atoms with E-state index in [-0.39, 0.29) is 138 Å². The molecule has 6 rings (SSSR count). The van der Waals surface area contributed by atoms with Crippen molar-refractivity contribution in [3.05, 3.63) is 0 Å². The molecule has 1 amide bonds. The first-order valence-electron chi connectivity index (χ1n) is 42.3. The zero-order chi connectivity index (χ0) is 93.0. The predicted molar refractivity (Wildman–Crippen MR) is 449 cm³/mol. The molecule has 6 atom stereocenters. The number of fused-ring (bicyclic) bond motifs is 1. The van der Waals surface area contributed by atoms with E-state index in [0.29, 0.717) is 104 Å². The van der Waals surface area contributed by atoms with Gasteiger partial charge in [0.05, 0.1) is 96.7 Å². The number of hydrogen-bond donors (Lipinski definition) is 7. The maximum Gasteiger partial charge on any atom is 0.407 e.